The van der Waals surface area contributed by atoms with E-state index < -0.39 is 0 Å². The molecule has 1 saturated heterocycles. The van der Waals surface area contributed by atoms with Gasteiger partial charge in [0.1, 0.15) is 12.1 Å². The summed E-state index contributed by atoms with van der Waals surface area (Å²) in [5.74, 6) is 2.50. The summed E-state index contributed by atoms with van der Waals surface area (Å²) < 4.78 is 13.2. The molecule has 3 aromatic rings. The molecule has 0 radical (unpaired) electrons. The molecule has 0 aromatic carbocycles. The van der Waals surface area contributed by atoms with Crippen LogP contribution in [0.25, 0.3) is 5.82 Å². The average Bonchev–Trinajstić information content (AvgIpc) is 3.40. The number of likely N-dealkylation sites (tertiary alicyclic amines) is 1. The van der Waals surface area contributed by atoms with Gasteiger partial charge in [-0.1, -0.05) is 5.16 Å². The van der Waals surface area contributed by atoms with Gasteiger partial charge in [0.15, 0.2) is 11.5 Å². The van der Waals surface area contributed by atoms with E-state index in [1.54, 1.807) is 4.68 Å². The minimum absolute atomic E-state index is 0.00148. The van der Waals surface area contributed by atoms with Crippen LogP contribution in [-0.4, -0.2) is 55.4 Å². The van der Waals surface area contributed by atoms with Gasteiger partial charge in [-0.25, -0.2) is 14.6 Å². The van der Waals surface area contributed by atoms with E-state index in [1.165, 1.54) is 6.33 Å². The molecule has 1 amide bonds. The second-order valence-electron chi connectivity index (χ2n) is 8.74. The summed E-state index contributed by atoms with van der Waals surface area (Å²) in [5.41, 5.74) is 3.49. The van der Waals surface area contributed by atoms with Crippen molar-refractivity contribution >= 4 is 5.91 Å². The maximum Gasteiger partial charge on any atom is 0.276 e. The first kappa shape index (κ1) is 20.7. The van der Waals surface area contributed by atoms with Gasteiger partial charge in [-0.3, -0.25) is 4.79 Å². The number of hydrogen-bond acceptors (Lipinski definition) is 7. The first-order valence-corrected chi connectivity index (χ1v) is 11.3. The van der Waals surface area contributed by atoms with Gasteiger partial charge < -0.3 is 14.2 Å². The minimum Gasteiger partial charge on any atom is -0.477 e. The molecule has 1 aliphatic heterocycles. The second-order valence-corrected chi connectivity index (χ2v) is 8.74. The van der Waals surface area contributed by atoms with Crippen LogP contribution in [0, 0.1) is 19.8 Å². The maximum absolute atomic E-state index is 13.0. The van der Waals surface area contributed by atoms with E-state index in [9.17, 15) is 4.79 Å². The number of fused-ring (bicyclic) bond motifs is 1. The summed E-state index contributed by atoms with van der Waals surface area (Å²) in [6.07, 6.45) is 7.26. The molecule has 168 valence electrons. The Hall–Kier alpha value is -3.23. The highest BCUT2D eigenvalue weighted by atomic mass is 16.5. The summed E-state index contributed by atoms with van der Waals surface area (Å²) in [7, 11) is 0. The number of piperidine rings is 1. The van der Waals surface area contributed by atoms with E-state index in [-0.39, 0.29) is 5.91 Å². The number of aryl methyl sites for hydroxylation is 3. The Balaban J connectivity index is 1.16. The SMILES string of the molecule is Cc1cc(C)n(-c2cc(OCC3CCN(C(=O)c4noc5c4CCCC5)CC3)ncn2)n1. The van der Waals surface area contributed by atoms with Crippen molar-refractivity contribution in [2.24, 2.45) is 5.92 Å². The predicted molar refractivity (Wildman–Crippen MR) is 116 cm³/mol. The molecule has 2 aliphatic rings. The molecule has 9 nitrogen and oxygen atoms in total. The highest BCUT2D eigenvalue weighted by Gasteiger charge is 2.30. The van der Waals surface area contributed by atoms with Gasteiger partial charge in [0.25, 0.3) is 5.91 Å². The van der Waals surface area contributed by atoms with Crippen LogP contribution in [0.2, 0.25) is 0 Å². The van der Waals surface area contributed by atoms with Gasteiger partial charge in [0.05, 0.1) is 12.3 Å². The molecule has 0 bridgehead atoms. The molecule has 0 saturated carbocycles. The number of ether oxygens (including phenoxy) is 1. The zero-order valence-corrected chi connectivity index (χ0v) is 18.6. The van der Waals surface area contributed by atoms with Crippen molar-refractivity contribution < 1.29 is 14.1 Å². The molecule has 4 heterocycles. The third kappa shape index (κ3) is 4.11. The first-order chi connectivity index (χ1) is 15.6. The van der Waals surface area contributed by atoms with Gasteiger partial charge in [-0.15, -0.1) is 0 Å². The van der Waals surface area contributed by atoms with E-state index in [0.29, 0.717) is 43.0 Å². The lowest BCUT2D eigenvalue weighted by Gasteiger charge is -2.31. The number of carbonyl (C=O) groups is 1. The summed E-state index contributed by atoms with van der Waals surface area (Å²) in [6, 6.07) is 3.82. The maximum atomic E-state index is 13.0. The third-order valence-corrected chi connectivity index (χ3v) is 6.38. The number of rotatable bonds is 5. The van der Waals surface area contributed by atoms with Crippen molar-refractivity contribution in [1.29, 1.82) is 0 Å². The standard InChI is InChI=1S/C23H28N6O3/c1-15-11-16(2)29(26-15)20-12-21(25-14-24-20)31-13-17-7-9-28(10-8-17)23(30)22-18-5-3-4-6-19(18)32-27-22/h11-12,14,17H,3-10,13H2,1-2H3. The van der Waals surface area contributed by atoms with Crippen LogP contribution < -0.4 is 4.74 Å². The van der Waals surface area contributed by atoms with Gasteiger partial charge in [0.2, 0.25) is 5.88 Å². The summed E-state index contributed by atoms with van der Waals surface area (Å²) in [4.78, 5) is 23.4. The molecule has 1 fully saturated rings. The molecule has 0 atom stereocenters. The number of hydrogen-bond donors (Lipinski definition) is 0. The Morgan fingerprint density at radius 2 is 1.97 bits per heavy atom. The van der Waals surface area contributed by atoms with E-state index >= 15 is 0 Å². The Bertz CT molecular complexity index is 1110. The Morgan fingerprint density at radius 1 is 1.16 bits per heavy atom. The van der Waals surface area contributed by atoms with E-state index in [0.717, 1.165) is 61.2 Å². The van der Waals surface area contributed by atoms with Crippen LogP contribution >= 0.6 is 0 Å². The van der Waals surface area contributed by atoms with Gasteiger partial charge >= 0.3 is 0 Å². The smallest absolute Gasteiger partial charge is 0.276 e. The zero-order valence-electron chi connectivity index (χ0n) is 18.6. The monoisotopic (exact) mass is 436 g/mol. The van der Waals surface area contributed by atoms with Crippen LogP contribution in [-0.2, 0) is 12.8 Å². The van der Waals surface area contributed by atoms with Crippen LogP contribution in [0.3, 0.4) is 0 Å². The van der Waals surface area contributed by atoms with Crippen molar-refractivity contribution in [3.05, 3.63) is 46.9 Å². The van der Waals surface area contributed by atoms with Crippen molar-refractivity contribution in [2.75, 3.05) is 19.7 Å². The Morgan fingerprint density at radius 3 is 2.75 bits per heavy atom. The zero-order chi connectivity index (χ0) is 22.1. The molecule has 0 N–H and O–H groups in total. The van der Waals surface area contributed by atoms with Crippen LogP contribution in [0.5, 0.6) is 5.88 Å². The molecule has 0 unspecified atom stereocenters. The Labute approximate surface area is 186 Å². The van der Waals surface area contributed by atoms with Crippen molar-refractivity contribution in [3.63, 3.8) is 0 Å². The van der Waals surface area contributed by atoms with Gasteiger partial charge in [-0.2, -0.15) is 5.10 Å². The topological polar surface area (TPSA) is 99.2 Å². The molecule has 5 rings (SSSR count). The first-order valence-electron chi connectivity index (χ1n) is 11.3. The van der Waals surface area contributed by atoms with Gasteiger partial charge in [0, 0.05) is 36.8 Å². The fraction of sp³-hybridized carbons (Fsp3) is 0.522. The van der Waals surface area contributed by atoms with E-state index in [2.05, 4.69) is 20.2 Å². The average molecular weight is 437 g/mol. The summed E-state index contributed by atoms with van der Waals surface area (Å²) >= 11 is 0. The third-order valence-electron chi connectivity index (χ3n) is 6.38. The Kier molecular flexibility index (Phi) is 5.63. The van der Waals surface area contributed by atoms with Crippen molar-refractivity contribution in [1.82, 2.24) is 29.8 Å². The second kappa shape index (κ2) is 8.72. The highest BCUT2D eigenvalue weighted by molar-refractivity contribution is 5.94. The van der Waals surface area contributed by atoms with Gasteiger partial charge in [-0.05, 0) is 57.9 Å². The fourth-order valence-corrected chi connectivity index (χ4v) is 4.59. The predicted octanol–water partition coefficient (Wildman–Crippen LogP) is 3.08. The van der Waals surface area contributed by atoms with Crippen molar-refractivity contribution in [3.8, 4) is 11.7 Å². The number of amides is 1. The van der Waals surface area contributed by atoms with Crippen molar-refractivity contribution in [2.45, 2.75) is 52.4 Å². The fourth-order valence-electron chi connectivity index (χ4n) is 4.59. The molecule has 32 heavy (non-hydrogen) atoms. The lowest BCUT2D eigenvalue weighted by molar-refractivity contribution is 0.0648. The van der Waals surface area contributed by atoms with Crippen LogP contribution in [0.15, 0.2) is 23.0 Å². The molecular formula is C23H28N6O3. The molecule has 3 aromatic heterocycles. The summed E-state index contributed by atoms with van der Waals surface area (Å²) in [5, 5.41) is 8.56. The summed E-state index contributed by atoms with van der Waals surface area (Å²) in [6.45, 7) is 5.92. The quantitative estimate of drug-likeness (QED) is 0.606. The molecular weight excluding hydrogens is 408 g/mol. The molecule has 9 heteroatoms. The molecule has 0 spiro atoms. The van der Waals surface area contributed by atoms with Crippen LogP contribution in [0.1, 0.15) is 58.9 Å². The molecule has 1 aliphatic carbocycles. The number of aromatic nitrogens is 5. The lowest BCUT2D eigenvalue weighted by Crippen LogP contribution is -2.40. The lowest BCUT2D eigenvalue weighted by atomic mass is 9.94. The highest BCUT2D eigenvalue weighted by Crippen LogP contribution is 2.27. The van der Waals surface area contributed by atoms with Crippen LogP contribution in [0.4, 0.5) is 0 Å². The minimum atomic E-state index is 0.00148. The van der Waals surface area contributed by atoms with E-state index in [4.69, 9.17) is 9.26 Å². The number of carbonyl (C=O) groups excluding carboxylic acids is 1. The van der Waals surface area contributed by atoms with E-state index in [1.807, 2.05) is 30.9 Å². The normalized spacial score (nSPS) is 16.8. The largest absolute Gasteiger partial charge is 0.477 e. The number of nitrogens with zero attached hydrogens (tertiary/aromatic N) is 6.